The van der Waals surface area contributed by atoms with E-state index in [9.17, 15) is 9.18 Å². The van der Waals surface area contributed by atoms with Crippen molar-refractivity contribution in [1.29, 1.82) is 0 Å². The van der Waals surface area contributed by atoms with Crippen molar-refractivity contribution in [3.05, 3.63) is 29.6 Å². The SMILES string of the molecule is COc1ccc(C(C)N(CCC(=O)O)C2CC2)cc1F. The average molecular weight is 281 g/mol. The van der Waals surface area contributed by atoms with Gasteiger partial charge < -0.3 is 9.84 Å². The number of hydrogen-bond donors (Lipinski definition) is 1. The first-order valence-electron chi connectivity index (χ1n) is 6.84. The highest BCUT2D eigenvalue weighted by Gasteiger charge is 2.33. The van der Waals surface area contributed by atoms with E-state index >= 15 is 0 Å². The number of carboxylic acids is 1. The van der Waals surface area contributed by atoms with Gasteiger partial charge in [0, 0.05) is 18.6 Å². The summed E-state index contributed by atoms with van der Waals surface area (Å²) in [7, 11) is 1.44. The molecule has 1 aromatic carbocycles. The minimum Gasteiger partial charge on any atom is -0.494 e. The summed E-state index contributed by atoms with van der Waals surface area (Å²) in [6.07, 6.45) is 2.28. The molecule has 0 spiro atoms. The van der Waals surface area contributed by atoms with E-state index in [0.29, 0.717) is 12.6 Å². The van der Waals surface area contributed by atoms with E-state index in [-0.39, 0.29) is 24.0 Å². The van der Waals surface area contributed by atoms with Gasteiger partial charge in [-0.3, -0.25) is 9.69 Å². The Morgan fingerprint density at radius 1 is 1.55 bits per heavy atom. The van der Waals surface area contributed by atoms with Gasteiger partial charge in [-0.05, 0) is 37.5 Å². The Bertz CT molecular complexity index is 488. The van der Waals surface area contributed by atoms with Gasteiger partial charge in [0.25, 0.3) is 0 Å². The van der Waals surface area contributed by atoms with Crippen LogP contribution in [0.25, 0.3) is 0 Å². The normalized spacial score (nSPS) is 16.2. The van der Waals surface area contributed by atoms with Crippen LogP contribution < -0.4 is 4.74 Å². The summed E-state index contributed by atoms with van der Waals surface area (Å²) >= 11 is 0. The van der Waals surface area contributed by atoms with E-state index < -0.39 is 5.97 Å². The second-order valence-electron chi connectivity index (χ2n) is 5.18. The summed E-state index contributed by atoms with van der Waals surface area (Å²) in [6.45, 7) is 2.48. The topological polar surface area (TPSA) is 49.8 Å². The van der Waals surface area contributed by atoms with Crippen molar-refractivity contribution in [2.24, 2.45) is 0 Å². The molecule has 0 heterocycles. The number of nitrogens with zero attached hydrogens (tertiary/aromatic N) is 1. The van der Waals surface area contributed by atoms with Crippen molar-refractivity contribution in [3.63, 3.8) is 0 Å². The van der Waals surface area contributed by atoms with E-state index in [1.807, 2.05) is 13.0 Å². The van der Waals surface area contributed by atoms with Crippen LogP contribution in [0.5, 0.6) is 5.75 Å². The lowest BCUT2D eigenvalue weighted by molar-refractivity contribution is -0.137. The molecule has 0 aliphatic heterocycles. The van der Waals surface area contributed by atoms with Crippen molar-refractivity contribution in [1.82, 2.24) is 4.90 Å². The number of methoxy groups -OCH3 is 1. The lowest BCUT2D eigenvalue weighted by atomic mass is 10.1. The van der Waals surface area contributed by atoms with E-state index in [4.69, 9.17) is 9.84 Å². The first-order chi connectivity index (χ1) is 9.52. The predicted octanol–water partition coefficient (Wildman–Crippen LogP) is 2.83. The Morgan fingerprint density at radius 3 is 2.75 bits per heavy atom. The van der Waals surface area contributed by atoms with Gasteiger partial charge in [0.2, 0.25) is 0 Å². The summed E-state index contributed by atoms with van der Waals surface area (Å²) in [5, 5.41) is 8.83. The molecule has 0 saturated heterocycles. The largest absolute Gasteiger partial charge is 0.494 e. The second kappa shape index (κ2) is 6.22. The van der Waals surface area contributed by atoms with E-state index in [1.54, 1.807) is 6.07 Å². The Morgan fingerprint density at radius 2 is 2.25 bits per heavy atom. The van der Waals surface area contributed by atoms with Crippen LogP contribution in [0.1, 0.15) is 37.8 Å². The molecule has 1 aromatic rings. The molecule has 1 fully saturated rings. The number of carboxylic acid groups (broad SMARTS) is 1. The van der Waals surface area contributed by atoms with E-state index in [2.05, 4.69) is 4.90 Å². The predicted molar refractivity (Wildman–Crippen MR) is 73.3 cm³/mol. The molecule has 1 atom stereocenters. The third-order valence-electron chi connectivity index (χ3n) is 3.76. The summed E-state index contributed by atoms with van der Waals surface area (Å²) in [6, 6.07) is 5.35. The van der Waals surface area contributed by atoms with Crippen molar-refractivity contribution < 1.29 is 19.0 Å². The summed E-state index contributed by atoms with van der Waals surface area (Å²) in [4.78, 5) is 12.9. The maximum atomic E-state index is 13.8. The fraction of sp³-hybridized carbons (Fsp3) is 0.533. The zero-order valence-corrected chi connectivity index (χ0v) is 11.8. The monoisotopic (exact) mass is 281 g/mol. The maximum absolute atomic E-state index is 13.8. The Hall–Kier alpha value is -1.62. The number of benzene rings is 1. The molecule has 0 aromatic heterocycles. The lowest BCUT2D eigenvalue weighted by Gasteiger charge is -2.29. The molecule has 1 aliphatic rings. The standard InChI is InChI=1S/C15H20FNO3/c1-10(11-3-6-14(20-2)13(16)9-11)17(12-4-5-12)8-7-15(18)19/h3,6,9-10,12H,4-5,7-8H2,1-2H3,(H,18,19). The maximum Gasteiger partial charge on any atom is 0.304 e. The third kappa shape index (κ3) is 3.48. The van der Waals surface area contributed by atoms with Gasteiger partial charge in [-0.25, -0.2) is 4.39 Å². The molecule has 1 aliphatic carbocycles. The molecule has 1 unspecified atom stereocenters. The number of aliphatic carboxylic acids is 1. The highest BCUT2D eigenvalue weighted by molar-refractivity contribution is 5.66. The lowest BCUT2D eigenvalue weighted by Crippen LogP contribution is -2.31. The summed E-state index contributed by atoms with van der Waals surface area (Å²) in [5.74, 6) is -0.959. The minimum atomic E-state index is -0.802. The number of ether oxygens (including phenoxy) is 1. The van der Waals surface area contributed by atoms with Crippen LogP contribution in [0.15, 0.2) is 18.2 Å². The quantitative estimate of drug-likeness (QED) is 0.835. The van der Waals surface area contributed by atoms with Crippen LogP contribution in [-0.2, 0) is 4.79 Å². The molecule has 5 heteroatoms. The highest BCUT2D eigenvalue weighted by Crippen LogP contribution is 2.35. The minimum absolute atomic E-state index is 0.00209. The molecule has 0 amide bonds. The Kier molecular flexibility index (Phi) is 4.60. The fourth-order valence-electron chi connectivity index (χ4n) is 2.46. The van der Waals surface area contributed by atoms with Gasteiger partial charge >= 0.3 is 5.97 Å². The Labute approximate surface area is 118 Å². The molecule has 1 N–H and O–H groups in total. The van der Waals surface area contributed by atoms with Crippen LogP contribution in [0, 0.1) is 5.82 Å². The molecule has 110 valence electrons. The summed E-state index contributed by atoms with van der Waals surface area (Å²) < 4.78 is 18.7. The molecule has 2 rings (SSSR count). The van der Waals surface area contributed by atoms with Crippen LogP contribution in [0.4, 0.5) is 4.39 Å². The molecular weight excluding hydrogens is 261 g/mol. The zero-order chi connectivity index (χ0) is 14.7. The van der Waals surface area contributed by atoms with Gasteiger partial charge in [-0.1, -0.05) is 6.07 Å². The average Bonchev–Trinajstić information content (AvgIpc) is 3.23. The molecule has 0 radical (unpaired) electrons. The molecule has 1 saturated carbocycles. The number of rotatable bonds is 7. The number of hydrogen-bond acceptors (Lipinski definition) is 3. The Balaban J connectivity index is 2.12. The van der Waals surface area contributed by atoms with Crippen molar-refractivity contribution >= 4 is 5.97 Å². The molecular formula is C15H20FNO3. The van der Waals surface area contributed by atoms with E-state index in [0.717, 1.165) is 18.4 Å². The van der Waals surface area contributed by atoms with E-state index in [1.165, 1.54) is 13.2 Å². The first-order valence-corrected chi connectivity index (χ1v) is 6.84. The van der Waals surface area contributed by atoms with Gasteiger partial charge in [0.05, 0.1) is 13.5 Å². The molecule has 0 bridgehead atoms. The molecule has 20 heavy (non-hydrogen) atoms. The van der Waals surface area contributed by atoms with Crippen molar-refractivity contribution in [3.8, 4) is 5.75 Å². The second-order valence-corrected chi connectivity index (χ2v) is 5.18. The van der Waals surface area contributed by atoms with Crippen LogP contribution in [-0.4, -0.2) is 35.7 Å². The smallest absolute Gasteiger partial charge is 0.304 e. The van der Waals surface area contributed by atoms with Gasteiger partial charge in [0.15, 0.2) is 11.6 Å². The zero-order valence-electron chi connectivity index (χ0n) is 11.8. The number of carbonyl (C=O) groups is 1. The van der Waals surface area contributed by atoms with Gasteiger partial charge in [-0.15, -0.1) is 0 Å². The van der Waals surface area contributed by atoms with Crippen LogP contribution in [0.2, 0.25) is 0 Å². The third-order valence-corrected chi connectivity index (χ3v) is 3.76. The van der Waals surface area contributed by atoms with Crippen LogP contribution >= 0.6 is 0 Å². The van der Waals surface area contributed by atoms with Crippen molar-refractivity contribution in [2.45, 2.75) is 38.3 Å². The number of halogens is 1. The van der Waals surface area contributed by atoms with Gasteiger partial charge in [-0.2, -0.15) is 0 Å². The fourth-order valence-corrected chi connectivity index (χ4v) is 2.46. The molecule has 4 nitrogen and oxygen atoms in total. The highest BCUT2D eigenvalue weighted by atomic mass is 19.1. The summed E-state index contributed by atoms with van der Waals surface area (Å²) in [5.41, 5.74) is 0.848. The first kappa shape index (κ1) is 14.8. The van der Waals surface area contributed by atoms with Crippen molar-refractivity contribution in [2.75, 3.05) is 13.7 Å². The van der Waals surface area contributed by atoms with Crippen LogP contribution in [0.3, 0.4) is 0 Å². The van der Waals surface area contributed by atoms with Gasteiger partial charge in [0.1, 0.15) is 0 Å².